The van der Waals surface area contributed by atoms with Gasteiger partial charge in [-0.15, -0.1) is 0 Å². The number of aliphatic hydroxyl groups is 1. The topological polar surface area (TPSA) is 29.5 Å². The Kier molecular flexibility index (Phi) is 4.76. The number of hydrogen-bond donors (Lipinski definition) is 1. The molecule has 2 heterocycles. The predicted molar refractivity (Wildman–Crippen MR) is 80.5 cm³/mol. The highest BCUT2D eigenvalue weighted by molar-refractivity contribution is 7.99. The van der Waals surface area contributed by atoms with Crippen molar-refractivity contribution in [2.75, 3.05) is 18.1 Å². The Hall–Kier alpha value is 0.270. The molecule has 3 aliphatic rings. The highest BCUT2D eigenvalue weighted by Crippen LogP contribution is 2.43. The van der Waals surface area contributed by atoms with Crippen molar-refractivity contribution >= 4 is 11.8 Å². The summed E-state index contributed by atoms with van der Waals surface area (Å²) < 4.78 is 6.08. The molecule has 0 aromatic rings. The van der Waals surface area contributed by atoms with E-state index in [1.54, 1.807) is 0 Å². The van der Waals surface area contributed by atoms with E-state index in [4.69, 9.17) is 4.74 Å². The fourth-order valence-corrected chi connectivity index (χ4v) is 5.48. The lowest BCUT2D eigenvalue weighted by atomic mass is 9.79. The van der Waals surface area contributed by atoms with E-state index in [-0.39, 0.29) is 11.7 Å². The number of ether oxygens (including phenoxy) is 1. The molecule has 19 heavy (non-hydrogen) atoms. The van der Waals surface area contributed by atoms with Crippen LogP contribution >= 0.6 is 11.8 Å². The third kappa shape index (κ3) is 3.48. The molecule has 1 spiro atoms. The molecule has 2 atom stereocenters. The Morgan fingerprint density at radius 2 is 1.89 bits per heavy atom. The summed E-state index contributed by atoms with van der Waals surface area (Å²) in [5.41, 5.74) is 0.159. The van der Waals surface area contributed by atoms with Crippen LogP contribution in [0.4, 0.5) is 0 Å². The van der Waals surface area contributed by atoms with Crippen molar-refractivity contribution in [2.45, 2.75) is 69.5 Å². The van der Waals surface area contributed by atoms with Gasteiger partial charge < -0.3 is 9.84 Å². The van der Waals surface area contributed by atoms with Gasteiger partial charge in [0, 0.05) is 6.61 Å². The quantitative estimate of drug-likeness (QED) is 0.858. The molecule has 2 nitrogen and oxygen atoms in total. The largest absolute Gasteiger partial charge is 0.393 e. The zero-order valence-corrected chi connectivity index (χ0v) is 12.8. The van der Waals surface area contributed by atoms with Crippen LogP contribution in [0.5, 0.6) is 0 Å². The Morgan fingerprint density at radius 3 is 2.63 bits per heavy atom. The van der Waals surface area contributed by atoms with Crippen molar-refractivity contribution in [1.29, 1.82) is 0 Å². The minimum absolute atomic E-state index is 0.0746. The van der Waals surface area contributed by atoms with Gasteiger partial charge in [-0.3, -0.25) is 0 Å². The van der Waals surface area contributed by atoms with E-state index in [1.807, 2.05) is 0 Å². The van der Waals surface area contributed by atoms with E-state index in [9.17, 15) is 5.11 Å². The van der Waals surface area contributed by atoms with E-state index in [1.165, 1.54) is 50.0 Å². The van der Waals surface area contributed by atoms with Crippen LogP contribution in [0.1, 0.15) is 57.8 Å². The minimum atomic E-state index is -0.0746. The zero-order valence-electron chi connectivity index (χ0n) is 12.0. The normalized spacial score (nSPS) is 33.6. The van der Waals surface area contributed by atoms with E-state index < -0.39 is 0 Å². The van der Waals surface area contributed by atoms with Crippen LogP contribution in [0.2, 0.25) is 0 Å². The molecular weight excluding hydrogens is 256 g/mol. The predicted octanol–water partition coefficient (Wildman–Crippen LogP) is 3.62. The first-order chi connectivity index (χ1) is 9.27. The highest BCUT2D eigenvalue weighted by Gasteiger charge is 2.41. The standard InChI is InChI=1S/C16H28O2S/c17-15(11-13-4-9-19-10-5-13)14-3-8-18-16(12-14)6-1-2-7-16/h13-15,17H,1-12H2. The molecule has 3 fully saturated rings. The molecule has 2 aliphatic heterocycles. The summed E-state index contributed by atoms with van der Waals surface area (Å²) in [6.07, 6.45) is 10.9. The summed E-state index contributed by atoms with van der Waals surface area (Å²) in [5.74, 6) is 3.88. The maximum atomic E-state index is 10.6. The molecule has 0 aromatic carbocycles. The van der Waals surface area contributed by atoms with Gasteiger partial charge in [0.2, 0.25) is 0 Å². The van der Waals surface area contributed by atoms with Crippen LogP contribution in [-0.2, 0) is 4.74 Å². The van der Waals surface area contributed by atoms with Crippen LogP contribution < -0.4 is 0 Å². The monoisotopic (exact) mass is 284 g/mol. The first-order valence-corrected chi connectivity index (χ1v) is 9.33. The van der Waals surface area contributed by atoms with Gasteiger partial charge in [0.1, 0.15) is 0 Å². The minimum Gasteiger partial charge on any atom is -0.393 e. The van der Waals surface area contributed by atoms with Crippen molar-refractivity contribution < 1.29 is 9.84 Å². The molecule has 2 unspecified atom stereocenters. The number of rotatable bonds is 3. The molecule has 110 valence electrons. The lowest BCUT2D eigenvalue weighted by molar-refractivity contribution is -0.115. The van der Waals surface area contributed by atoms with Gasteiger partial charge in [0.05, 0.1) is 11.7 Å². The average molecular weight is 284 g/mol. The Balaban J connectivity index is 1.52. The Labute approximate surface area is 121 Å². The molecule has 0 radical (unpaired) electrons. The fourth-order valence-electron chi connectivity index (χ4n) is 4.28. The van der Waals surface area contributed by atoms with Crippen LogP contribution in [0.25, 0.3) is 0 Å². The van der Waals surface area contributed by atoms with Crippen molar-refractivity contribution in [3.8, 4) is 0 Å². The summed E-state index contributed by atoms with van der Waals surface area (Å²) in [6, 6.07) is 0. The number of aliphatic hydroxyl groups excluding tert-OH is 1. The van der Waals surface area contributed by atoms with Gasteiger partial charge in [-0.1, -0.05) is 12.8 Å². The smallest absolute Gasteiger partial charge is 0.0686 e. The van der Waals surface area contributed by atoms with Crippen LogP contribution in [0.15, 0.2) is 0 Å². The molecular formula is C16H28O2S. The van der Waals surface area contributed by atoms with Crippen molar-refractivity contribution in [3.05, 3.63) is 0 Å². The molecule has 3 rings (SSSR count). The molecule has 0 aromatic heterocycles. The van der Waals surface area contributed by atoms with E-state index in [2.05, 4.69) is 11.8 Å². The molecule has 1 saturated carbocycles. The van der Waals surface area contributed by atoms with Gasteiger partial charge in [0.25, 0.3) is 0 Å². The third-order valence-electron chi connectivity index (χ3n) is 5.51. The van der Waals surface area contributed by atoms with Gasteiger partial charge in [-0.05, 0) is 68.3 Å². The molecule has 3 heteroatoms. The first kappa shape index (κ1) is 14.2. The number of hydrogen-bond acceptors (Lipinski definition) is 3. The van der Waals surface area contributed by atoms with Crippen molar-refractivity contribution in [1.82, 2.24) is 0 Å². The fraction of sp³-hybridized carbons (Fsp3) is 1.00. The zero-order chi connectivity index (χ0) is 13.1. The molecule has 2 saturated heterocycles. The second-order valence-electron chi connectivity index (χ2n) is 6.85. The average Bonchev–Trinajstić information content (AvgIpc) is 2.88. The second-order valence-corrected chi connectivity index (χ2v) is 8.08. The third-order valence-corrected chi connectivity index (χ3v) is 6.55. The summed E-state index contributed by atoms with van der Waals surface area (Å²) in [6.45, 7) is 0.877. The SMILES string of the molecule is OC(CC1CCSCC1)C1CCOC2(CCCC2)C1. The van der Waals surface area contributed by atoms with Crippen molar-refractivity contribution in [3.63, 3.8) is 0 Å². The maximum Gasteiger partial charge on any atom is 0.0686 e. The van der Waals surface area contributed by atoms with Gasteiger partial charge in [-0.2, -0.15) is 11.8 Å². The van der Waals surface area contributed by atoms with Gasteiger partial charge in [-0.25, -0.2) is 0 Å². The Morgan fingerprint density at radius 1 is 1.16 bits per heavy atom. The van der Waals surface area contributed by atoms with Crippen LogP contribution in [0, 0.1) is 11.8 Å². The summed E-state index contributed by atoms with van der Waals surface area (Å²) >= 11 is 2.07. The molecule has 1 aliphatic carbocycles. The lowest BCUT2D eigenvalue weighted by Crippen LogP contribution is -2.41. The summed E-state index contributed by atoms with van der Waals surface area (Å²) in [4.78, 5) is 0. The summed E-state index contributed by atoms with van der Waals surface area (Å²) in [7, 11) is 0. The van der Waals surface area contributed by atoms with Crippen molar-refractivity contribution in [2.24, 2.45) is 11.8 Å². The van der Waals surface area contributed by atoms with Crippen LogP contribution in [0.3, 0.4) is 0 Å². The van der Waals surface area contributed by atoms with E-state index in [0.717, 1.165) is 31.8 Å². The Bertz CT molecular complexity index is 282. The molecule has 0 amide bonds. The maximum absolute atomic E-state index is 10.6. The lowest BCUT2D eigenvalue weighted by Gasteiger charge is -2.40. The molecule has 1 N–H and O–H groups in total. The van der Waals surface area contributed by atoms with Gasteiger partial charge in [0.15, 0.2) is 0 Å². The first-order valence-electron chi connectivity index (χ1n) is 8.17. The van der Waals surface area contributed by atoms with E-state index in [0.29, 0.717) is 5.92 Å². The van der Waals surface area contributed by atoms with Gasteiger partial charge >= 0.3 is 0 Å². The molecule has 0 bridgehead atoms. The van der Waals surface area contributed by atoms with Crippen LogP contribution in [-0.4, -0.2) is 34.9 Å². The second kappa shape index (κ2) is 6.36. The highest BCUT2D eigenvalue weighted by atomic mass is 32.2. The van der Waals surface area contributed by atoms with E-state index >= 15 is 0 Å². The summed E-state index contributed by atoms with van der Waals surface area (Å²) in [5, 5.41) is 10.6. The number of thioether (sulfide) groups is 1.